The molecule has 6 N–H and O–H groups in total. The lowest BCUT2D eigenvalue weighted by Gasteiger charge is -2.41. The van der Waals surface area contributed by atoms with Gasteiger partial charge in [-0.3, -0.25) is 23.4 Å². The van der Waals surface area contributed by atoms with Crippen molar-refractivity contribution in [3.8, 4) is 0 Å². The van der Waals surface area contributed by atoms with Crippen LogP contribution in [0.1, 0.15) is 200 Å². The minimum Gasteiger partial charge on any atom is -0.462 e. The first kappa shape index (κ1) is 58.0. The molecule has 0 aromatic heterocycles. The number of hydrogen-bond acceptors (Lipinski definition) is 13. The molecule has 0 radical (unpaired) electrons. The Kier molecular flexibility index (Phi) is 34.9. The number of aliphatic hydroxyl groups is 5. The molecule has 14 nitrogen and oxygen atoms in total. The Morgan fingerprint density at radius 3 is 1.45 bits per heavy atom. The third-order valence-electron chi connectivity index (χ3n) is 11.3. The summed E-state index contributed by atoms with van der Waals surface area (Å²) < 4.78 is 33.5. The summed E-state index contributed by atoms with van der Waals surface area (Å²) in [7, 11) is -5.15. The number of phosphoric acid groups is 1. The SMILES string of the molecule is CCCCC/C=C\C=C\C(=O)CCCCCCCC(=O)O[C@H](COC(=O)CCCCCCCCCCCCCCCCCCC)COP(=O)(O)OC1[C@H](O)[C@H](O)C(O)[C@H](O)[C@H]1O. The first-order chi connectivity index (χ1) is 29.8. The van der Waals surface area contributed by atoms with Crippen LogP contribution in [0.25, 0.3) is 0 Å². The van der Waals surface area contributed by atoms with Crippen LogP contribution in [0.3, 0.4) is 0 Å². The number of carbonyl (C=O) groups is 3. The van der Waals surface area contributed by atoms with E-state index in [2.05, 4.69) is 19.9 Å². The highest BCUT2D eigenvalue weighted by Crippen LogP contribution is 2.47. The van der Waals surface area contributed by atoms with Crippen LogP contribution >= 0.6 is 7.82 Å². The van der Waals surface area contributed by atoms with E-state index < -0.39 is 75.7 Å². The molecule has 0 heterocycles. The van der Waals surface area contributed by atoms with Crippen molar-refractivity contribution < 1.29 is 67.9 Å². The molecule has 3 unspecified atom stereocenters. The maximum atomic E-state index is 12.8. The number of hydrogen-bond donors (Lipinski definition) is 6. The minimum absolute atomic E-state index is 0.0157. The standard InChI is InChI=1S/C47H85O14P/c1-3-5-7-9-11-12-13-14-15-16-17-18-19-20-22-26-30-34-40(49)58-36-39(37-59-62(56,57)61-47-45(54)43(52)42(51)44(53)46(47)55)60-41(50)35-31-27-23-25-29-33-38(48)32-28-24-21-10-8-6-4-2/h21,24,28,32,39,42-47,51-55H,3-20,22-23,25-27,29-31,33-37H2,1-2H3,(H,56,57)/b24-21-,32-28+/t39-,42?,43-,44+,45-,46-,47?/m1/s1. The summed E-state index contributed by atoms with van der Waals surface area (Å²) in [6, 6.07) is 0. The third-order valence-corrected chi connectivity index (χ3v) is 12.3. The zero-order chi connectivity index (χ0) is 45.9. The van der Waals surface area contributed by atoms with Crippen LogP contribution in [0.4, 0.5) is 0 Å². The van der Waals surface area contributed by atoms with Gasteiger partial charge in [0.25, 0.3) is 0 Å². The van der Waals surface area contributed by atoms with Crippen LogP contribution in [0, 0.1) is 0 Å². The van der Waals surface area contributed by atoms with Gasteiger partial charge in [-0.2, -0.15) is 0 Å². The Balaban J connectivity index is 2.46. The van der Waals surface area contributed by atoms with E-state index >= 15 is 0 Å². The normalized spacial score (nSPS) is 21.9. The second-order valence-corrected chi connectivity index (χ2v) is 18.4. The summed E-state index contributed by atoms with van der Waals surface area (Å²) >= 11 is 0. The first-order valence-electron chi connectivity index (χ1n) is 24.1. The molecule has 8 atom stereocenters. The van der Waals surface area contributed by atoms with Gasteiger partial charge in [-0.15, -0.1) is 0 Å². The summed E-state index contributed by atoms with van der Waals surface area (Å²) in [5.74, 6) is -1.12. The van der Waals surface area contributed by atoms with E-state index in [1.807, 2.05) is 6.08 Å². The first-order valence-corrected chi connectivity index (χ1v) is 25.6. The topological polar surface area (TPSA) is 227 Å². The number of rotatable bonds is 40. The largest absolute Gasteiger partial charge is 0.472 e. The maximum absolute atomic E-state index is 12.8. The van der Waals surface area contributed by atoms with Crippen molar-refractivity contribution in [3.05, 3.63) is 24.3 Å². The average molecular weight is 905 g/mol. The van der Waals surface area contributed by atoms with Crippen molar-refractivity contribution in [1.82, 2.24) is 0 Å². The molecule has 1 aliphatic carbocycles. The molecule has 0 bridgehead atoms. The van der Waals surface area contributed by atoms with E-state index in [0.717, 1.165) is 51.4 Å². The summed E-state index contributed by atoms with van der Waals surface area (Å²) in [5, 5.41) is 50.1. The van der Waals surface area contributed by atoms with Gasteiger partial charge in [-0.05, 0) is 38.2 Å². The van der Waals surface area contributed by atoms with Gasteiger partial charge in [0.2, 0.25) is 0 Å². The fraction of sp³-hybridized carbons (Fsp3) is 0.851. The van der Waals surface area contributed by atoms with Crippen LogP contribution in [0.15, 0.2) is 24.3 Å². The highest BCUT2D eigenvalue weighted by atomic mass is 31.2. The Bertz CT molecular complexity index is 1250. The van der Waals surface area contributed by atoms with E-state index in [1.165, 1.54) is 96.3 Å². The van der Waals surface area contributed by atoms with Crippen LogP contribution in [0.5, 0.6) is 0 Å². The Hall–Kier alpha value is -2.00. The van der Waals surface area contributed by atoms with Crippen LogP contribution in [0.2, 0.25) is 0 Å². The monoisotopic (exact) mass is 905 g/mol. The summed E-state index contributed by atoms with van der Waals surface area (Å²) in [6.07, 6.45) is 23.3. The van der Waals surface area contributed by atoms with Gasteiger partial charge in [0, 0.05) is 19.3 Å². The van der Waals surface area contributed by atoms with Gasteiger partial charge in [0.15, 0.2) is 11.9 Å². The Labute approximate surface area is 372 Å². The van der Waals surface area contributed by atoms with Gasteiger partial charge in [0.05, 0.1) is 6.61 Å². The van der Waals surface area contributed by atoms with Gasteiger partial charge >= 0.3 is 19.8 Å². The minimum atomic E-state index is -5.15. The van der Waals surface area contributed by atoms with Crippen molar-refractivity contribution in [2.45, 2.75) is 243 Å². The fourth-order valence-corrected chi connectivity index (χ4v) is 8.30. The molecule has 362 valence electrons. The molecule has 15 heteroatoms. The lowest BCUT2D eigenvalue weighted by atomic mass is 9.85. The molecule has 0 amide bonds. The van der Waals surface area contributed by atoms with Crippen molar-refractivity contribution >= 4 is 25.5 Å². The van der Waals surface area contributed by atoms with Gasteiger partial charge in [0.1, 0.15) is 43.2 Å². The number of aliphatic hydroxyl groups excluding tert-OH is 5. The quantitative estimate of drug-likeness (QED) is 0.0111. The van der Waals surface area contributed by atoms with Gasteiger partial charge < -0.3 is 39.9 Å². The summed E-state index contributed by atoms with van der Waals surface area (Å²) in [4.78, 5) is 47.8. The summed E-state index contributed by atoms with van der Waals surface area (Å²) in [6.45, 7) is 3.16. The third kappa shape index (κ3) is 29.4. The molecule has 1 fully saturated rings. The van der Waals surface area contributed by atoms with E-state index in [1.54, 1.807) is 12.2 Å². The molecule has 1 saturated carbocycles. The van der Waals surface area contributed by atoms with E-state index in [0.29, 0.717) is 25.7 Å². The van der Waals surface area contributed by atoms with E-state index in [4.69, 9.17) is 18.5 Å². The van der Waals surface area contributed by atoms with Crippen LogP contribution in [-0.2, 0) is 37.5 Å². The predicted molar refractivity (Wildman–Crippen MR) is 240 cm³/mol. The van der Waals surface area contributed by atoms with Gasteiger partial charge in [-0.1, -0.05) is 167 Å². The maximum Gasteiger partial charge on any atom is 0.472 e. The number of allylic oxidation sites excluding steroid dienone is 4. The second kappa shape index (κ2) is 37.2. The molecule has 1 aliphatic rings. The highest BCUT2D eigenvalue weighted by Gasteiger charge is 2.51. The highest BCUT2D eigenvalue weighted by molar-refractivity contribution is 7.47. The zero-order valence-electron chi connectivity index (χ0n) is 38.2. The molecular weight excluding hydrogens is 819 g/mol. The number of ketones is 1. The van der Waals surface area contributed by atoms with Crippen molar-refractivity contribution in [2.75, 3.05) is 13.2 Å². The molecule has 0 saturated heterocycles. The number of ether oxygens (including phenoxy) is 2. The fourth-order valence-electron chi connectivity index (χ4n) is 7.33. The van der Waals surface area contributed by atoms with E-state index in [-0.39, 0.29) is 18.6 Å². The number of phosphoric ester groups is 1. The summed E-state index contributed by atoms with van der Waals surface area (Å²) in [5.41, 5.74) is 0. The Morgan fingerprint density at radius 2 is 0.952 bits per heavy atom. The molecular formula is C47H85O14P. The molecule has 62 heavy (non-hydrogen) atoms. The predicted octanol–water partition coefficient (Wildman–Crippen LogP) is 8.80. The number of esters is 2. The molecule has 0 aromatic carbocycles. The van der Waals surface area contributed by atoms with Crippen molar-refractivity contribution in [3.63, 3.8) is 0 Å². The number of carbonyl (C=O) groups excluding carboxylic acids is 3. The average Bonchev–Trinajstić information content (AvgIpc) is 3.25. The molecule has 0 aromatic rings. The molecule has 1 rings (SSSR count). The van der Waals surface area contributed by atoms with Gasteiger partial charge in [-0.25, -0.2) is 4.57 Å². The Morgan fingerprint density at radius 1 is 0.532 bits per heavy atom. The van der Waals surface area contributed by atoms with Crippen LogP contribution in [-0.4, -0.2) is 104 Å². The van der Waals surface area contributed by atoms with E-state index in [9.17, 15) is 49.4 Å². The smallest absolute Gasteiger partial charge is 0.462 e. The van der Waals surface area contributed by atoms with Crippen LogP contribution < -0.4 is 0 Å². The lowest BCUT2D eigenvalue weighted by Crippen LogP contribution is -2.64. The lowest BCUT2D eigenvalue weighted by molar-refractivity contribution is -0.220. The zero-order valence-corrected chi connectivity index (χ0v) is 39.1. The second-order valence-electron chi connectivity index (χ2n) is 17.0. The number of unbranched alkanes of at least 4 members (excludes halogenated alkanes) is 23. The molecule has 0 aliphatic heterocycles. The molecule has 0 spiro atoms. The van der Waals surface area contributed by atoms with Crippen molar-refractivity contribution in [2.24, 2.45) is 0 Å². The van der Waals surface area contributed by atoms with Crippen molar-refractivity contribution in [1.29, 1.82) is 0 Å².